The molecule has 2 aliphatic heterocycles. The highest BCUT2D eigenvalue weighted by Gasteiger charge is 2.41. The summed E-state index contributed by atoms with van der Waals surface area (Å²) in [5.41, 5.74) is 0.117. The van der Waals surface area contributed by atoms with Gasteiger partial charge in [0.2, 0.25) is 0 Å². The zero-order valence-corrected chi connectivity index (χ0v) is 11.0. The van der Waals surface area contributed by atoms with Gasteiger partial charge in [0.15, 0.2) is 9.84 Å². The van der Waals surface area contributed by atoms with E-state index in [1.165, 1.54) is 12.8 Å². The van der Waals surface area contributed by atoms with Crippen LogP contribution in [0.4, 0.5) is 0 Å². The van der Waals surface area contributed by atoms with Crippen LogP contribution in [0.2, 0.25) is 0 Å². The Bertz CT molecular complexity index is 331. The molecule has 2 atom stereocenters. The fraction of sp³-hybridized carbons (Fsp3) is 1.00. The quantitative estimate of drug-likeness (QED) is 0.806. The van der Waals surface area contributed by atoms with Crippen molar-refractivity contribution in [2.75, 3.05) is 18.1 Å². The van der Waals surface area contributed by atoms with E-state index in [4.69, 9.17) is 0 Å². The molecule has 0 aromatic heterocycles. The molecule has 0 aliphatic carbocycles. The van der Waals surface area contributed by atoms with Gasteiger partial charge in [-0.25, -0.2) is 8.42 Å². The topological polar surface area (TPSA) is 46.2 Å². The molecule has 94 valence electrons. The summed E-state index contributed by atoms with van der Waals surface area (Å²) < 4.78 is 23.5. The molecular formula is C12H23NO2S. The van der Waals surface area contributed by atoms with Gasteiger partial charge in [0.25, 0.3) is 0 Å². The molecule has 0 aromatic rings. The highest BCUT2D eigenvalue weighted by Crippen LogP contribution is 2.36. The average Bonchev–Trinajstić information content (AvgIpc) is 2.29. The first kappa shape index (κ1) is 12.4. The van der Waals surface area contributed by atoms with Crippen molar-refractivity contribution in [1.29, 1.82) is 0 Å². The molecule has 3 nitrogen and oxygen atoms in total. The van der Waals surface area contributed by atoms with Crippen molar-refractivity contribution in [3.8, 4) is 0 Å². The maximum Gasteiger partial charge on any atom is 0.150 e. The smallest absolute Gasteiger partial charge is 0.150 e. The summed E-state index contributed by atoms with van der Waals surface area (Å²) in [5.74, 6) is 1.16. The standard InChI is InChI=1S/C12H23NO2S/c1-2-12(7-3-4-8-13-12)11-6-5-9-16(14,15)10-11/h11,13H,2-10H2,1H3. The molecular weight excluding hydrogens is 222 g/mol. The van der Waals surface area contributed by atoms with Gasteiger partial charge in [-0.1, -0.05) is 13.3 Å². The van der Waals surface area contributed by atoms with Crippen LogP contribution in [0.15, 0.2) is 0 Å². The minimum Gasteiger partial charge on any atom is -0.311 e. The zero-order valence-electron chi connectivity index (χ0n) is 10.2. The molecule has 2 rings (SSSR count). The van der Waals surface area contributed by atoms with E-state index in [1.54, 1.807) is 0 Å². The molecule has 2 unspecified atom stereocenters. The van der Waals surface area contributed by atoms with E-state index in [-0.39, 0.29) is 5.54 Å². The Morgan fingerprint density at radius 1 is 1.31 bits per heavy atom. The molecule has 2 fully saturated rings. The SMILES string of the molecule is CCC1(C2CCCS(=O)(=O)C2)CCCCN1. The molecule has 0 radical (unpaired) electrons. The van der Waals surface area contributed by atoms with Gasteiger partial charge in [-0.3, -0.25) is 0 Å². The molecule has 2 heterocycles. The van der Waals surface area contributed by atoms with Crippen molar-refractivity contribution >= 4 is 9.84 Å². The largest absolute Gasteiger partial charge is 0.311 e. The molecule has 0 bridgehead atoms. The third kappa shape index (κ3) is 2.43. The fourth-order valence-electron chi connectivity index (χ4n) is 3.39. The highest BCUT2D eigenvalue weighted by molar-refractivity contribution is 7.91. The zero-order chi connectivity index (χ0) is 11.6. The third-order valence-electron chi connectivity index (χ3n) is 4.40. The van der Waals surface area contributed by atoms with Crippen molar-refractivity contribution in [3.63, 3.8) is 0 Å². The second kappa shape index (κ2) is 4.65. The minimum absolute atomic E-state index is 0.117. The van der Waals surface area contributed by atoms with Crippen LogP contribution in [0.5, 0.6) is 0 Å². The van der Waals surface area contributed by atoms with Gasteiger partial charge in [-0.2, -0.15) is 0 Å². The van der Waals surface area contributed by atoms with Gasteiger partial charge in [0.1, 0.15) is 0 Å². The summed E-state index contributed by atoms with van der Waals surface area (Å²) in [4.78, 5) is 0. The van der Waals surface area contributed by atoms with E-state index >= 15 is 0 Å². The summed E-state index contributed by atoms with van der Waals surface area (Å²) in [5, 5.41) is 3.63. The van der Waals surface area contributed by atoms with Crippen LogP contribution in [-0.2, 0) is 9.84 Å². The molecule has 0 aromatic carbocycles. The van der Waals surface area contributed by atoms with E-state index in [1.807, 2.05) is 0 Å². The fourth-order valence-corrected chi connectivity index (χ4v) is 5.26. The van der Waals surface area contributed by atoms with Crippen molar-refractivity contribution < 1.29 is 8.42 Å². The Morgan fingerprint density at radius 3 is 2.69 bits per heavy atom. The summed E-state index contributed by atoms with van der Waals surface area (Å²) in [6.07, 6.45) is 6.64. The Kier molecular flexibility index (Phi) is 3.59. The van der Waals surface area contributed by atoms with Crippen molar-refractivity contribution in [3.05, 3.63) is 0 Å². The van der Waals surface area contributed by atoms with E-state index in [0.29, 0.717) is 17.4 Å². The molecule has 2 aliphatic rings. The lowest BCUT2D eigenvalue weighted by Gasteiger charge is -2.45. The van der Waals surface area contributed by atoms with Gasteiger partial charge in [-0.05, 0) is 44.6 Å². The summed E-state index contributed by atoms with van der Waals surface area (Å²) in [6, 6.07) is 0. The van der Waals surface area contributed by atoms with Crippen LogP contribution in [0, 0.1) is 5.92 Å². The Balaban J connectivity index is 2.14. The lowest BCUT2D eigenvalue weighted by atomic mass is 9.74. The first-order valence-electron chi connectivity index (χ1n) is 6.53. The van der Waals surface area contributed by atoms with Crippen LogP contribution in [0.25, 0.3) is 0 Å². The molecule has 0 spiro atoms. The lowest BCUT2D eigenvalue weighted by Crippen LogP contribution is -2.56. The Morgan fingerprint density at radius 2 is 2.12 bits per heavy atom. The molecule has 0 amide bonds. The maximum absolute atomic E-state index is 11.7. The van der Waals surface area contributed by atoms with Crippen LogP contribution < -0.4 is 5.32 Å². The van der Waals surface area contributed by atoms with E-state index in [9.17, 15) is 8.42 Å². The van der Waals surface area contributed by atoms with E-state index in [0.717, 1.165) is 32.2 Å². The second-order valence-corrected chi connectivity index (χ2v) is 7.58. The summed E-state index contributed by atoms with van der Waals surface area (Å²) >= 11 is 0. The monoisotopic (exact) mass is 245 g/mol. The lowest BCUT2D eigenvalue weighted by molar-refractivity contribution is 0.156. The van der Waals surface area contributed by atoms with Gasteiger partial charge in [0.05, 0.1) is 11.5 Å². The predicted molar refractivity (Wildman–Crippen MR) is 66.3 cm³/mol. The van der Waals surface area contributed by atoms with Gasteiger partial charge in [-0.15, -0.1) is 0 Å². The summed E-state index contributed by atoms with van der Waals surface area (Å²) in [7, 11) is -2.77. The Labute approximate surface area is 98.9 Å². The van der Waals surface area contributed by atoms with Crippen molar-refractivity contribution in [1.82, 2.24) is 5.32 Å². The number of piperidine rings is 1. The van der Waals surface area contributed by atoms with Crippen molar-refractivity contribution in [2.24, 2.45) is 5.92 Å². The number of sulfone groups is 1. The van der Waals surface area contributed by atoms with Crippen molar-refractivity contribution in [2.45, 2.75) is 51.0 Å². The molecule has 1 N–H and O–H groups in total. The van der Waals surface area contributed by atoms with Gasteiger partial charge in [0, 0.05) is 5.54 Å². The molecule has 4 heteroatoms. The number of hydrogen-bond acceptors (Lipinski definition) is 3. The first-order valence-corrected chi connectivity index (χ1v) is 8.35. The highest BCUT2D eigenvalue weighted by atomic mass is 32.2. The second-order valence-electron chi connectivity index (χ2n) is 5.35. The van der Waals surface area contributed by atoms with E-state index in [2.05, 4.69) is 12.2 Å². The van der Waals surface area contributed by atoms with Crippen LogP contribution in [0.3, 0.4) is 0 Å². The number of rotatable bonds is 2. The maximum atomic E-state index is 11.7. The molecule has 2 saturated heterocycles. The van der Waals surface area contributed by atoms with Crippen LogP contribution in [0.1, 0.15) is 45.4 Å². The number of nitrogens with one attached hydrogen (secondary N) is 1. The van der Waals surface area contributed by atoms with Crippen LogP contribution >= 0.6 is 0 Å². The normalized spacial score (nSPS) is 39.4. The average molecular weight is 245 g/mol. The first-order chi connectivity index (χ1) is 7.58. The minimum atomic E-state index is -2.77. The van der Waals surface area contributed by atoms with Crippen LogP contribution in [-0.4, -0.2) is 32.0 Å². The van der Waals surface area contributed by atoms with E-state index < -0.39 is 9.84 Å². The molecule has 0 saturated carbocycles. The number of hydrogen-bond donors (Lipinski definition) is 1. The van der Waals surface area contributed by atoms with Gasteiger partial charge < -0.3 is 5.32 Å². The third-order valence-corrected chi connectivity index (χ3v) is 6.22. The summed E-state index contributed by atoms with van der Waals surface area (Å²) in [6.45, 7) is 3.25. The van der Waals surface area contributed by atoms with Gasteiger partial charge >= 0.3 is 0 Å². The Hall–Kier alpha value is -0.0900. The molecule has 16 heavy (non-hydrogen) atoms. The predicted octanol–water partition coefficient (Wildman–Crippen LogP) is 1.73.